The normalized spacial score (nSPS) is 16.8. The van der Waals surface area contributed by atoms with E-state index in [-0.39, 0.29) is 55.6 Å². The number of hydrogen-bond acceptors (Lipinski definition) is 11. The van der Waals surface area contributed by atoms with E-state index in [0.29, 0.717) is 11.5 Å². The zero-order chi connectivity index (χ0) is 44.2. The number of rotatable bonds is 15. The van der Waals surface area contributed by atoms with Crippen molar-refractivity contribution in [1.82, 2.24) is 24.8 Å². The van der Waals surface area contributed by atoms with Gasteiger partial charge in [-0.2, -0.15) is 4.98 Å². The summed E-state index contributed by atoms with van der Waals surface area (Å²) in [5, 5.41) is 16.7. The molecule has 15 nitrogen and oxygen atoms in total. The number of anilines is 1. The van der Waals surface area contributed by atoms with E-state index in [1.54, 1.807) is 18.8 Å². The zero-order valence-corrected chi connectivity index (χ0v) is 35.1. The van der Waals surface area contributed by atoms with Crippen molar-refractivity contribution < 1.29 is 38.4 Å². The fraction of sp³-hybridized carbons (Fsp3) is 0.245. The second-order valence-electron chi connectivity index (χ2n) is 15.5. The molecule has 5 aromatic carbocycles. The molecule has 326 valence electrons. The van der Waals surface area contributed by atoms with E-state index >= 15 is 0 Å². The van der Waals surface area contributed by atoms with Crippen LogP contribution in [0.25, 0.3) is 22.3 Å². The summed E-state index contributed by atoms with van der Waals surface area (Å²) < 4.78 is 31.5. The number of methoxy groups -OCH3 is 2. The van der Waals surface area contributed by atoms with Gasteiger partial charge in [0.2, 0.25) is 11.9 Å². The van der Waals surface area contributed by atoms with Gasteiger partial charge in [0.1, 0.15) is 36.0 Å². The summed E-state index contributed by atoms with van der Waals surface area (Å²) in [5.74, 6) is 0.648. The number of fused-ring (bicyclic) bond motifs is 4. The number of ether oxygens (including phenoxy) is 5. The molecule has 9 rings (SSSR count). The first-order valence-electron chi connectivity index (χ1n) is 20.9. The topological polar surface area (TPSA) is 188 Å². The number of nitrogens with one attached hydrogen (secondary N) is 3. The highest BCUT2D eigenvalue weighted by molar-refractivity contribution is 5.90. The number of H-pyrrole nitrogens is 1. The van der Waals surface area contributed by atoms with E-state index < -0.39 is 41.6 Å². The summed E-state index contributed by atoms with van der Waals surface area (Å²) in [7, 11) is 3.22. The lowest BCUT2D eigenvalue weighted by Crippen LogP contribution is -2.38. The van der Waals surface area contributed by atoms with Crippen molar-refractivity contribution in [3.05, 3.63) is 172 Å². The monoisotopic (exact) mass is 862 g/mol. The molecular formula is C49H46N6O9. The highest BCUT2D eigenvalue weighted by atomic mass is 16.6. The van der Waals surface area contributed by atoms with Gasteiger partial charge in [-0.1, -0.05) is 103 Å². The van der Waals surface area contributed by atoms with Crippen molar-refractivity contribution >= 4 is 29.1 Å². The molecule has 7 aromatic rings. The molecule has 15 heteroatoms. The third kappa shape index (κ3) is 8.19. The Morgan fingerprint density at radius 1 is 0.812 bits per heavy atom. The summed E-state index contributed by atoms with van der Waals surface area (Å²) in [5.41, 5.74) is 5.36. The second-order valence-corrected chi connectivity index (χ2v) is 15.5. The molecule has 64 heavy (non-hydrogen) atoms. The van der Waals surface area contributed by atoms with Gasteiger partial charge >= 0.3 is 6.09 Å². The maximum absolute atomic E-state index is 13.2. The summed E-state index contributed by atoms with van der Waals surface area (Å²) in [6.45, 7) is 0.0889. The Morgan fingerprint density at radius 2 is 1.41 bits per heavy atom. The first-order chi connectivity index (χ1) is 31.2. The van der Waals surface area contributed by atoms with E-state index in [9.17, 15) is 19.5 Å². The lowest BCUT2D eigenvalue weighted by atomic mass is 9.80. The Morgan fingerprint density at radius 3 is 2.03 bits per heavy atom. The number of benzene rings is 5. The standard InChI is InChI=1S/C49H46N6O9/c1-60-33-20-16-31(17-21-33)49(30-10-4-3-5-11-30,32-18-22-34(61-2)23-19-32)63-28-41-40(56)26-43(64-41)55-29-51-44-45(55)53-47(54-46(44)58)52-42(57)24-25-50-48(59)62-27-39-37-14-8-6-12-35(37)36-13-7-9-15-38(36)39/h3-23,29,39-41,43,56H,24-28H2,1-2H3,(H,50,59)(H2,52,53,54,57,58)/t40-,41-,43-/m1/s1. The van der Waals surface area contributed by atoms with Crippen LogP contribution in [0.3, 0.4) is 0 Å². The molecule has 1 aliphatic carbocycles. The molecule has 0 spiro atoms. The Labute approximate surface area is 368 Å². The molecule has 3 heterocycles. The number of aliphatic hydroxyl groups is 1. The van der Waals surface area contributed by atoms with Crippen LogP contribution in [0.4, 0.5) is 10.7 Å². The van der Waals surface area contributed by atoms with Crippen LogP contribution in [0.15, 0.2) is 139 Å². The van der Waals surface area contributed by atoms with Gasteiger partial charge in [-0.05, 0) is 63.2 Å². The van der Waals surface area contributed by atoms with Crippen molar-refractivity contribution in [2.45, 2.75) is 42.8 Å². The minimum atomic E-state index is -1.14. The van der Waals surface area contributed by atoms with Crippen LogP contribution in [0.1, 0.15) is 52.8 Å². The number of aromatic amines is 1. The van der Waals surface area contributed by atoms with Gasteiger partial charge in [0, 0.05) is 25.3 Å². The average molecular weight is 863 g/mol. The number of amides is 2. The molecule has 1 fully saturated rings. The van der Waals surface area contributed by atoms with Crippen LogP contribution < -0.4 is 25.7 Å². The van der Waals surface area contributed by atoms with E-state index in [1.165, 1.54) is 6.33 Å². The first kappa shape index (κ1) is 42.0. The van der Waals surface area contributed by atoms with Crippen LogP contribution in [0.5, 0.6) is 11.5 Å². The van der Waals surface area contributed by atoms with Crippen LogP contribution in [-0.2, 0) is 24.6 Å². The van der Waals surface area contributed by atoms with Crippen LogP contribution >= 0.6 is 0 Å². The van der Waals surface area contributed by atoms with Crippen LogP contribution in [-0.4, -0.2) is 82.8 Å². The Balaban J connectivity index is 0.859. The van der Waals surface area contributed by atoms with Crippen molar-refractivity contribution in [2.24, 2.45) is 0 Å². The Kier molecular flexibility index (Phi) is 11.9. The van der Waals surface area contributed by atoms with Crippen LogP contribution in [0.2, 0.25) is 0 Å². The van der Waals surface area contributed by atoms with E-state index in [4.69, 9.17) is 23.7 Å². The minimum absolute atomic E-state index is 0.0212. The SMILES string of the molecule is COc1ccc(C(OC[C@H]2O[C@@H](n3cnc4c(=O)[nH]c(NC(=O)CCNC(=O)OCC5c6ccccc6-c6ccccc65)nc43)C[C@H]2O)(c2ccccc2)c2ccc(OC)cc2)cc1. The number of carbonyl (C=O) groups is 2. The lowest BCUT2D eigenvalue weighted by Gasteiger charge is -2.37. The largest absolute Gasteiger partial charge is 0.497 e. The van der Waals surface area contributed by atoms with Gasteiger partial charge in [-0.25, -0.2) is 9.78 Å². The molecule has 2 aromatic heterocycles. The molecule has 3 atom stereocenters. The van der Waals surface area contributed by atoms with E-state index in [0.717, 1.165) is 38.9 Å². The van der Waals surface area contributed by atoms with E-state index in [1.807, 2.05) is 115 Å². The third-order valence-electron chi connectivity index (χ3n) is 11.8. The summed E-state index contributed by atoms with van der Waals surface area (Å²) >= 11 is 0. The molecule has 2 aliphatic rings. The minimum Gasteiger partial charge on any atom is -0.497 e. The fourth-order valence-corrected chi connectivity index (χ4v) is 8.64. The maximum Gasteiger partial charge on any atom is 0.407 e. The lowest BCUT2D eigenvalue weighted by molar-refractivity contribution is -0.116. The maximum atomic E-state index is 13.2. The predicted octanol–water partition coefficient (Wildman–Crippen LogP) is 6.66. The number of aromatic nitrogens is 4. The number of nitrogens with zero attached hydrogens (tertiary/aromatic N) is 3. The average Bonchev–Trinajstić information content (AvgIpc) is 4.02. The molecule has 0 unspecified atom stereocenters. The summed E-state index contributed by atoms with van der Waals surface area (Å²) in [4.78, 5) is 50.2. The van der Waals surface area contributed by atoms with Gasteiger partial charge in [-0.3, -0.25) is 24.5 Å². The van der Waals surface area contributed by atoms with Gasteiger partial charge < -0.3 is 34.1 Å². The zero-order valence-electron chi connectivity index (χ0n) is 35.1. The highest BCUT2D eigenvalue weighted by Gasteiger charge is 2.42. The third-order valence-corrected chi connectivity index (χ3v) is 11.8. The van der Waals surface area contributed by atoms with Crippen molar-refractivity contribution in [1.29, 1.82) is 0 Å². The smallest absolute Gasteiger partial charge is 0.407 e. The van der Waals surface area contributed by atoms with Crippen molar-refractivity contribution in [3.8, 4) is 22.6 Å². The molecule has 0 bridgehead atoms. The Hall–Kier alpha value is -7.33. The van der Waals surface area contributed by atoms with Gasteiger partial charge in [-0.15, -0.1) is 0 Å². The Bertz CT molecular complexity index is 2740. The van der Waals surface area contributed by atoms with Gasteiger partial charge in [0.15, 0.2) is 11.2 Å². The van der Waals surface area contributed by atoms with Gasteiger partial charge in [0.25, 0.3) is 5.56 Å². The quantitative estimate of drug-likeness (QED) is 0.0808. The van der Waals surface area contributed by atoms with Gasteiger partial charge in [0.05, 0.1) is 33.3 Å². The number of imidazole rings is 1. The molecular weight excluding hydrogens is 817 g/mol. The molecule has 2 amide bonds. The second kappa shape index (κ2) is 18.2. The van der Waals surface area contributed by atoms with E-state index in [2.05, 4.69) is 37.7 Å². The summed E-state index contributed by atoms with van der Waals surface area (Å²) in [6.07, 6.45) is -1.76. The predicted molar refractivity (Wildman–Crippen MR) is 237 cm³/mol. The molecule has 0 radical (unpaired) electrons. The molecule has 1 aliphatic heterocycles. The van der Waals surface area contributed by atoms with Crippen molar-refractivity contribution in [3.63, 3.8) is 0 Å². The molecule has 1 saturated heterocycles. The number of alkyl carbamates (subject to hydrolysis) is 1. The van der Waals surface area contributed by atoms with Crippen LogP contribution in [0, 0.1) is 0 Å². The first-order valence-corrected chi connectivity index (χ1v) is 20.9. The molecule has 0 saturated carbocycles. The summed E-state index contributed by atoms with van der Waals surface area (Å²) in [6, 6.07) is 41.2. The number of hydrogen-bond donors (Lipinski definition) is 4. The highest BCUT2D eigenvalue weighted by Crippen LogP contribution is 2.45. The number of aliphatic hydroxyl groups excluding tert-OH is 1. The van der Waals surface area contributed by atoms with Crippen molar-refractivity contribution in [2.75, 3.05) is 39.3 Å². The number of carbonyl (C=O) groups excluding carboxylic acids is 2. The molecule has 4 N–H and O–H groups in total. The fourth-order valence-electron chi connectivity index (χ4n) is 8.64.